The Morgan fingerprint density at radius 2 is 1.93 bits per heavy atom. The fraction of sp³-hybridized carbons (Fsp3) is 0.778. The maximum Gasteiger partial charge on any atom is 0.332 e. The molecular weight excluding hydrogens is 188 g/mol. The molecule has 0 aromatic heterocycles. The van der Waals surface area contributed by atoms with Crippen molar-refractivity contribution in [1.29, 1.82) is 0 Å². The lowest BCUT2D eigenvalue weighted by Crippen LogP contribution is -2.23. The molecule has 0 bridgehead atoms. The van der Waals surface area contributed by atoms with E-state index in [-0.39, 0.29) is 6.42 Å². The SMILES string of the molecule is CCOC(CCCCC(=O)O)C(=O)O. The zero-order valence-electron chi connectivity index (χ0n) is 8.23. The number of carboxylic acid groups (broad SMARTS) is 2. The van der Waals surface area contributed by atoms with Crippen LogP contribution in [0.4, 0.5) is 0 Å². The molecule has 0 aliphatic carbocycles. The van der Waals surface area contributed by atoms with Gasteiger partial charge in [-0.1, -0.05) is 0 Å². The lowest BCUT2D eigenvalue weighted by atomic mass is 10.1. The molecule has 0 aromatic carbocycles. The van der Waals surface area contributed by atoms with Crippen LogP contribution in [0.5, 0.6) is 0 Å². The second-order valence-electron chi connectivity index (χ2n) is 2.92. The van der Waals surface area contributed by atoms with Gasteiger partial charge >= 0.3 is 11.9 Å². The highest BCUT2D eigenvalue weighted by Gasteiger charge is 2.16. The van der Waals surface area contributed by atoms with E-state index in [1.807, 2.05) is 0 Å². The van der Waals surface area contributed by atoms with Crippen LogP contribution in [0, 0.1) is 0 Å². The van der Waals surface area contributed by atoms with Gasteiger partial charge in [0, 0.05) is 13.0 Å². The Morgan fingerprint density at radius 1 is 1.29 bits per heavy atom. The van der Waals surface area contributed by atoms with Crippen LogP contribution < -0.4 is 0 Å². The van der Waals surface area contributed by atoms with E-state index in [1.54, 1.807) is 6.92 Å². The smallest absolute Gasteiger partial charge is 0.332 e. The largest absolute Gasteiger partial charge is 0.481 e. The lowest BCUT2D eigenvalue weighted by molar-refractivity contribution is -0.150. The zero-order valence-corrected chi connectivity index (χ0v) is 8.23. The lowest BCUT2D eigenvalue weighted by Gasteiger charge is -2.11. The van der Waals surface area contributed by atoms with E-state index in [0.29, 0.717) is 25.9 Å². The second-order valence-corrected chi connectivity index (χ2v) is 2.92. The van der Waals surface area contributed by atoms with Gasteiger partial charge in [-0.2, -0.15) is 0 Å². The Bertz CT molecular complexity index is 190. The second kappa shape index (κ2) is 7.32. The van der Waals surface area contributed by atoms with Gasteiger partial charge in [0.25, 0.3) is 0 Å². The Hall–Kier alpha value is -1.10. The van der Waals surface area contributed by atoms with Crippen molar-refractivity contribution in [3.05, 3.63) is 0 Å². The summed E-state index contributed by atoms with van der Waals surface area (Å²) in [5, 5.41) is 17.0. The first-order chi connectivity index (χ1) is 6.57. The average Bonchev–Trinajstić information content (AvgIpc) is 2.09. The molecule has 14 heavy (non-hydrogen) atoms. The number of rotatable bonds is 8. The summed E-state index contributed by atoms with van der Waals surface area (Å²) in [4.78, 5) is 20.7. The van der Waals surface area contributed by atoms with Gasteiger partial charge in [0.05, 0.1) is 0 Å². The molecule has 0 saturated carbocycles. The van der Waals surface area contributed by atoms with Crippen molar-refractivity contribution in [2.24, 2.45) is 0 Å². The van der Waals surface area contributed by atoms with Crippen LogP contribution >= 0.6 is 0 Å². The van der Waals surface area contributed by atoms with E-state index in [2.05, 4.69) is 0 Å². The molecule has 5 nitrogen and oxygen atoms in total. The van der Waals surface area contributed by atoms with Crippen molar-refractivity contribution in [3.8, 4) is 0 Å². The molecule has 0 spiro atoms. The van der Waals surface area contributed by atoms with Gasteiger partial charge in [0.1, 0.15) is 0 Å². The van der Waals surface area contributed by atoms with Crippen molar-refractivity contribution in [1.82, 2.24) is 0 Å². The third-order valence-electron chi connectivity index (χ3n) is 1.75. The minimum atomic E-state index is -0.984. The number of hydrogen-bond acceptors (Lipinski definition) is 3. The molecule has 5 heteroatoms. The normalized spacial score (nSPS) is 12.4. The van der Waals surface area contributed by atoms with Gasteiger partial charge < -0.3 is 14.9 Å². The molecule has 0 amide bonds. The maximum absolute atomic E-state index is 10.6. The van der Waals surface area contributed by atoms with Crippen LogP contribution in [0.15, 0.2) is 0 Å². The summed E-state index contributed by atoms with van der Waals surface area (Å²) in [5.41, 5.74) is 0. The van der Waals surface area contributed by atoms with Gasteiger partial charge in [-0.05, 0) is 26.2 Å². The number of ether oxygens (including phenoxy) is 1. The van der Waals surface area contributed by atoms with Crippen LogP contribution in [0.25, 0.3) is 0 Å². The van der Waals surface area contributed by atoms with E-state index < -0.39 is 18.0 Å². The van der Waals surface area contributed by atoms with Gasteiger partial charge in [-0.25, -0.2) is 4.79 Å². The number of hydrogen-bond donors (Lipinski definition) is 2. The number of unbranched alkanes of at least 4 members (excludes halogenated alkanes) is 1. The van der Waals surface area contributed by atoms with Gasteiger partial charge in [0.2, 0.25) is 0 Å². The number of carboxylic acids is 2. The molecule has 0 saturated heterocycles. The quantitative estimate of drug-likeness (QED) is 0.579. The number of carbonyl (C=O) groups is 2. The summed E-state index contributed by atoms with van der Waals surface area (Å²) >= 11 is 0. The molecule has 0 radical (unpaired) electrons. The van der Waals surface area contributed by atoms with E-state index in [1.165, 1.54) is 0 Å². The average molecular weight is 204 g/mol. The molecule has 2 N–H and O–H groups in total. The van der Waals surface area contributed by atoms with Crippen molar-refractivity contribution < 1.29 is 24.5 Å². The summed E-state index contributed by atoms with van der Waals surface area (Å²) in [7, 11) is 0. The van der Waals surface area contributed by atoms with Gasteiger partial charge in [-0.3, -0.25) is 4.79 Å². The van der Waals surface area contributed by atoms with Crippen molar-refractivity contribution >= 4 is 11.9 Å². The zero-order chi connectivity index (χ0) is 11.0. The molecule has 0 aromatic rings. The predicted molar refractivity (Wildman–Crippen MR) is 49.2 cm³/mol. The molecule has 0 aliphatic rings. The molecule has 82 valence electrons. The highest BCUT2D eigenvalue weighted by atomic mass is 16.5. The third-order valence-corrected chi connectivity index (χ3v) is 1.75. The van der Waals surface area contributed by atoms with Crippen molar-refractivity contribution in [2.75, 3.05) is 6.61 Å². The molecular formula is C9H16O5. The van der Waals surface area contributed by atoms with Crippen LogP contribution in [0.3, 0.4) is 0 Å². The molecule has 0 fully saturated rings. The topological polar surface area (TPSA) is 83.8 Å². The van der Waals surface area contributed by atoms with Gasteiger partial charge in [0.15, 0.2) is 6.10 Å². The molecule has 0 heterocycles. The Balaban J connectivity index is 3.61. The fourth-order valence-corrected chi connectivity index (χ4v) is 1.09. The maximum atomic E-state index is 10.6. The minimum absolute atomic E-state index is 0.0818. The van der Waals surface area contributed by atoms with E-state index in [4.69, 9.17) is 14.9 Å². The Kier molecular flexibility index (Phi) is 6.74. The van der Waals surface area contributed by atoms with Crippen molar-refractivity contribution in [3.63, 3.8) is 0 Å². The summed E-state index contributed by atoms with van der Waals surface area (Å²) < 4.78 is 4.96. The van der Waals surface area contributed by atoms with Gasteiger partial charge in [-0.15, -0.1) is 0 Å². The number of aliphatic carboxylic acids is 2. The predicted octanol–water partition coefficient (Wildman–Crippen LogP) is 1.12. The Labute approximate surface area is 82.7 Å². The minimum Gasteiger partial charge on any atom is -0.481 e. The first kappa shape index (κ1) is 12.9. The summed E-state index contributed by atoms with van der Waals surface area (Å²) in [6.07, 6.45) is 0.707. The summed E-state index contributed by atoms with van der Waals surface area (Å²) in [6, 6.07) is 0. The van der Waals surface area contributed by atoms with Crippen molar-refractivity contribution in [2.45, 2.75) is 38.7 Å². The van der Waals surface area contributed by atoms with E-state index in [9.17, 15) is 9.59 Å². The fourth-order valence-electron chi connectivity index (χ4n) is 1.09. The first-order valence-corrected chi connectivity index (χ1v) is 4.64. The van der Waals surface area contributed by atoms with Crippen LogP contribution in [0.2, 0.25) is 0 Å². The van der Waals surface area contributed by atoms with E-state index in [0.717, 1.165) is 0 Å². The summed E-state index contributed by atoms with van der Waals surface area (Å²) in [6.45, 7) is 2.09. The van der Waals surface area contributed by atoms with Crippen LogP contribution in [-0.4, -0.2) is 34.9 Å². The monoisotopic (exact) mass is 204 g/mol. The first-order valence-electron chi connectivity index (χ1n) is 4.64. The highest BCUT2D eigenvalue weighted by molar-refractivity contribution is 5.72. The van der Waals surface area contributed by atoms with Crippen LogP contribution in [0.1, 0.15) is 32.6 Å². The van der Waals surface area contributed by atoms with Crippen LogP contribution in [-0.2, 0) is 14.3 Å². The third kappa shape index (κ3) is 6.42. The molecule has 1 atom stereocenters. The molecule has 0 aliphatic heterocycles. The Morgan fingerprint density at radius 3 is 2.36 bits per heavy atom. The summed E-state index contributed by atoms with van der Waals surface area (Å²) in [5.74, 6) is -1.84. The van der Waals surface area contributed by atoms with E-state index >= 15 is 0 Å². The highest BCUT2D eigenvalue weighted by Crippen LogP contribution is 2.07. The standard InChI is InChI=1S/C9H16O5/c1-2-14-7(9(12)13)5-3-4-6-8(10)11/h7H,2-6H2,1H3,(H,10,11)(H,12,13). The molecule has 0 rings (SSSR count). The molecule has 1 unspecified atom stereocenters.